The van der Waals surface area contributed by atoms with Gasteiger partial charge in [-0.1, -0.05) is 104 Å². The third-order valence-corrected chi connectivity index (χ3v) is 6.27. The van der Waals surface area contributed by atoms with Gasteiger partial charge in [0.15, 0.2) is 0 Å². The standard InChI is InChI=1S/C30H36O5/c1-2-12-26(31)28-30(34-21-25-17-10-5-11-18-25)29(33-20-24-15-8-4-9-16-24)27(35-28)22-32-19-23-13-6-3-7-14-23/h3-11,13-18,26-31H,2,12,19-22H2,1H3/t26?,27-,28-,29-,30-/m1/s1. The van der Waals surface area contributed by atoms with Crippen molar-refractivity contribution < 1.29 is 24.1 Å². The Balaban J connectivity index is 1.49. The number of ether oxygens (including phenoxy) is 4. The second-order valence-electron chi connectivity index (χ2n) is 9.02. The van der Waals surface area contributed by atoms with Gasteiger partial charge in [-0.2, -0.15) is 0 Å². The van der Waals surface area contributed by atoms with Gasteiger partial charge >= 0.3 is 0 Å². The second kappa shape index (κ2) is 13.5. The van der Waals surface area contributed by atoms with Crippen LogP contribution < -0.4 is 0 Å². The average molecular weight is 477 g/mol. The second-order valence-corrected chi connectivity index (χ2v) is 9.02. The molecule has 0 spiro atoms. The lowest BCUT2D eigenvalue weighted by atomic mass is 10.0. The SMILES string of the molecule is CCCC(O)[C@H]1O[C@H](COCc2ccccc2)[C@@H](OCc2ccccc2)[C@@H]1OCc1ccccc1. The van der Waals surface area contributed by atoms with Crippen molar-refractivity contribution in [1.82, 2.24) is 0 Å². The van der Waals surface area contributed by atoms with Crippen LogP contribution in [0.15, 0.2) is 91.0 Å². The number of rotatable bonds is 13. The zero-order chi connectivity index (χ0) is 24.3. The van der Waals surface area contributed by atoms with E-state index in [2.05, 4.69) is 6.92 Å². The van der Waals surface area contributed by atoms with Crippen LogP contribution in [-0.4, -0.2) is 42.2 Å². The van der Waals surface area contributed by atoms with E-state index < -0.39 is 18.3 Å². The quantitative estimate of drug-likeness (QED) is 0.363. The molecule has 1 saturated heterocycles. The smallest absolute Gasteiger partial charge is 0.115 e. The molecule has 0 radical (unpaired) electrons. The molecule has 0 aliphatic carbocycles. The monoisotopic (exact) mass is 476 g/mol. The van der Waals surface area contributed by atoms with Crippen LogP contribution in [0, 0.1) is 0 Å². The Bertz CT molecular complexity index is 966. The normalized spacial score (nSPS) is 22.8. The lowest BCUT2D eigenvalue weighted by molar-refractivity contribution is -0.102. The molecule has 1 aliphatic heterocycles. The highest BCUT2D eigenvalue weighted by atomic mass is 16.6. The first-order valence-corrected chi connectivity index (χ1v) is 12.5. The molecule has 1 N–H and O–H groups in total. The maximum atomic E-state index is 10.9. The van der Waals surface area contributed by atoms with Crippen LogP contribution >= 0.6 is 0 Å². The van der Waals surface area contributed by atoms with Crippen molar-refractivity contribution >= 4 is 0 Å². The number of benzene rings is 3. The van der Waals surface area contributed by atoms with Crippen molar-refractivity contribution in [3.05, 3.63) is 108 Å². The molecule has 3 aromatic carbocycles. The Morgan fingerprint density at radius 2 is 1.20 bits per heavy atom. The Morgan fingerprint density at radius 3 is 1.71 bits per heavy atom. The van der Waals surface area contributed by atoms with E-state index in [4.69, 9.17) is 18.9 Å². The van der Waals surface area contributed by atoms with Crippen molar-refractivity contribution in [2.75, 3.05) is 6.61 Å². The molecule has 1 aliphatic rings. The molecule has 1 fully saturated rings. The highest BCUT2D eigenvalue weighted by Crippen LogP contribution is 2.32. The Kier molecular flexibility index (Phi) is 9.87. The van der Waals surface area contributed by atoms with E-state index in [1.165, 1.54) is 0 Å². The minimum atomic E-state index is -0.636. The van der Waals surface area contributed by atoms with Gasteiger partial charge in [-0.05, 0) is 23.1 Å². The molecule has 0 amide bonds. The number of aliphatic hydroxyl groups is 1. The zero-order valence-electron chi connectivity index (χ0n) is 20.4. The molecule has 5 nitrogen and oxygen atoms in total. The molecule has 1 unspecified atom stereocenters. The molecule has 1 heterocycles. The lowest BCUT2D eigenvalue weighted by Gasteiger charge is -2.27. The Hall–Kier alpha value is -2.54. The third kappa shape index (κ3) is 7.47. The highest BCUT2D eigenvalue weighted by molar-refractivity contribution is 5.15. The van der Waals surface area contributed by atoms with Gasteiger partial charge in [0.05, 0.1) is 32.5 Å². The van der Waals surface area contributed by atoms with Crippen molar-refractivity contribution in [2.24, 2.45) is 0 Å². The van der Waals surface area contributed by atoms with E-state index in [-0.39, 0.29) is 12.2 Å². The summed E-state index contributed by atoms with van der Waals surface area (Å²) in [5, 5.41) is 10.9. The van der Waals surface area contributed by atoms with Gasteiger partial charge in [0, 0.05) is 0 Å². The number of hydrogen-bond acceptors (Lipinski definition) is 5. The first kappa shape index (κ1) is 25.5. The van der Waals surface area contributed by atoms with Crippen molar-refractivity contribution in [2.45, 2.75) is 70.1 Å². The van der Waals surface area contributed by atoms with E-state index in [1.54, 1.807) is 0 Å². The third-order valence-electron chi connectivity index (χ3n) is 6.27. The van der Waals surface area contributed by atoms with Gasteiger partial charge in [0.1, 0.15) is 24.4 Å². The van der Waals surface area contributed by atoms with E-state index in [0.29, 0.717) is 32.8 Å². The molecule has 4 rings (SSSR count). The van der Waals surface area contributed by atoms with Crippen molar-refractivity contribution in [3.8, 4) is 0 Å². The first-order chi connectivity index (χ1) is 17.2. The molecule has 186 valence electrons. The fourth-order valence-corrected chi connectivity index (χ4v) is 4.45. The summed E-state index contributed by atoms with van der Waals surface area (Å²) < 4.78 is 25.3. The fraction of sp³-hybridized carbons (Fsp3) is 0.400. The van der Waals surface area contributed by atoms with Gasteiger partial charge < -0.3 is 24.1 Å². The van der Waals surface area contributed by atoms with Gasteiger partial charge in [0.25, 0.3) is 0 Å². The summed E-state index contributed by atoms with van der Waals surface area (Å²) in [4.78, 5) is 0. The average Bonchev–Trinajstić information content (AvgIpc) is 3.25. The van der Waals surface area contributed by atoms with Crippen LogP contribution in [0.2, 0.25) is 0 Å². The summed E-state index contributed by atoms with van der Waals surface area (Å²) in [5.74, 6) is 0. The topological polar surface area (TPSA) is 57.2 Å². The Morgan fingerprint density at radius 1 is 0.714 bits per heavy atom. The molecule has 0 bridgehead atoms. The lowest BCUT2D eigenvalue weighted by Crippen LogP contribution is -2.42. The van der Waals surface area contributed by atoms with E-state index in [1.807, 2.05) is 91.0 Å². The van der Waals surface area contributed by atoms with E-state index in [0.717, 1.165) is 23.1 Å². The Labute approximate surface area is 208 Å². The van der Waals surface area contributed by atoms with Crippen LogP contribution in [0.4, 0.5) is 0 Å². The summed E-state index contributed by atoms with van der Waals surface area (Å²) in [7, 11) is 0. The molecule has 5 heteroatoms. The minimum absolute atomic E-state index is 0.347. The van der Waals surface area contributed by atoms with Crippen molar-refractivity contribution in [3.63, 3.8) is 0 Å². The van der Waals surface area contributed by atoms with Gasteiger partial charge in [-0.3, -0.25) is 0 Å². The van der Waals surface area contributed by atoms with Crippen LogP contribution in [-0.2, 0) is 38.8 Å². The van der Waals surface area contributed by atoms with Gasteiger partial charge in [-0.25, -0.2) is 0 Å². The van der Waals surface area contributed by atoms with Crippen LogP contribution in [0.3, 0.4) is 0 Å². The summed E-state index contributed by atoms with van der Waals surface area (Å²) in [6.07, 6.45) is -0.750. The predicted molar refractivity (Wildman–Crippen MR) is 136 cm³/mol. The minimum Gasteiger partial charge on any atom is -0.390 e. The van der Waals surface area contributed by atoms with Crippen LogP contribution in [0.1, 0.15) is 36.5 Å². The van der Waals surface area contributed by atoms with Crippen LogP contribution in [0.25, 0.3) is 0 Å². The highest BCUT2D eigenvalue weighted by Gasteiger charge is 2.49. The maximum Gasteiger partial charge on any atom is 0.115 e. The fourth-order valence-electron chi connectivity index (χ4n) is 4.45. The summed E-state index contributed by atoms with van der Waals surface area (Å²) in [6, 6.07) is 30.2. The zero-order valence-corrected chi connectivity index (χ0v) is 20.4. The molecule has 0 saturated carbocycles. The first-order valence-electron chi connectivity index (χ1n) is 12.5. The van der Waals surface area contributed by atoms with Gasteiger partial charge in [-0.15, -0.1) is 0 Å². The molecule has 35 heavy (non-hydrogen) atoms. The van der Waals surface area contributed by atoms with Crippen molar-refractivity contribution in [1.29, 1.82) is 0 Å². The largest absolute Gasteiger partial charge is 0.390 e. The summed E-state index contributed by atoms with van der Waals surface area (Å²) >= 11 is 0. The predicted octanol–water partition coefficient (Wildman–Crippen LogP) is 5.30. The van der Waals surface area contributed by atoms with E-state index >= 15 is 0 Å². The molecular weight excluding hydrogens is 440 g/mol. The van der Waals surface area contributed by atoms with Crippen LogP contribution in [0.5, 0.6) is 0 Å². The molecule has 0 aromatic heterocycles. The molecule has 3 aromatic rings. The number of aliphatic hydroxyl groups excluding tert-OH is 1. The molecular formula is C30H36O5. The molecule has 5 atom stereocenters. The summed E-state index contributed by atoms with van der Waals surface area (Å²) in [5.41, 5.74) is 3.25. The summed E-state index contributed by atoms with van der Waals surface area (Å²) in [6.45, 7) is 3.76. The maximum absolute atomic E-state index is 10.9. The van der Waals surface area contributed by atoms with E-state index in [9.17, 15) is 5.11 Å². The van der Waals surface area contributed by atoms with Gasteiger partial charge in [0.2, 0.25) is 0 Å². The number of hydrogen-bond donors (Lipinski definition) is 1.